The number of thiazole rings is 1. The third kappa shape index (κ3) is 5.25. The largest absolute Gasteiger partial charge is 0.377 e. The molecule has 3 nitrogen and oxygen atoms in total. The van der Waals surface area contributed by atoms with Crippen LogP contribution in [0.4, 0.5) is 0 Å². The highest BCUT2D eigenvalue weighted by Gasteiger charge is 2.10. The fourth-order valence-corrected chi connectivity index (χ4v) is 2.05. The Hall–Kier alpha value is -0.450. The smallest absolute Gasteiger partial charge is 0.0794 e. The second kappa shape index (κ2) is 6.93. The Bertz CT molecular complexity index is 249. The molecule has 4 heteroatoms. The van der Waals surface area contributed by atoms with Crippen molar-refractivity contribution in [3.63, 3.8) is 0 Å². The molecule has 0 bridgehead atoms. The van der Waals surface area contributed by atoms with Crippen LogP contribution in [0.5, 0.6) is 0 Å². The van der Waals surface area contributed by atoms with Crippen molar-refractivity contribution < 1.29 is 4.74 Å². The quantitative estimate of drug-likeness (QED) is 0.776. The van der Waals surface area contributed by atoms with Crippen molar-refractivity contribution in [3.05, 3.63) is 16.6 Å². The van der Waals surface area contributed by atoms with Crippen molar-refractivity contribution in [1.29, 1.82) is 0 Å². The Morgan fingerprint density at radius 1 is 1.53 bits per heavy atom. The fraction of sp³-hybridized carbons (Fsp3) is 0.727. The molecule has 15 heavy (non-hydrogen) atoms. The van der Waals surface area contributed by atoms with E-state index < -0.39 is 0 Å². The van der Waals surface area contributed by atoms with Crippen LogP contribution < -0.4 is 5.32 Å². The minimum absolute atomic E-state index is 0.299. The Kier molecular flexibility index (Phi) is 5.83. The van der Waals surface area contributed by atoms with Gasteiger partial charge in [0.2, 0.25) is 0 Å². The Balaban J connectivity index is 2.36. The molecule has 1 unspecified atom stereocenters. The van der Waals surface area contributed by atoms with E-state index in [-0.39, 0.29) is 0 Å². The molecule has 0 spiro atoms. The zero-order valence-corrected chi connectivity index (χ0v) is 10.5. The van der Waals surface area contributed by atoms with Gasteiger partial charge < -0.3 is 10.1 Å². The van der Waals surface area contributed by atoms with E-state index in [9.17, 15) is 0 Å². The van der Waals surface area contributed by atoms with Crippen molar-refractivity contribution in [1.82, 2.24) is 10.3 Å². The molecule has 0 aliphatic rings. The van der Waals surface area contributed by atoms with Gasteiger partial charge in [0.15, 0.2) is 0 Å². The van der Waals surface area contributed by atoms with Gasteiger partial charge in [0, 0.05) is 23.5 Å². The maximum Gasteiger partial charge on any atom is 0.0794 e. The van der Waals surface area contributed by atoms with Crippen LogP contribution in [0, 0.1) is 0 Å². The van der Waals surface area contributed by atoms with Crippen LogP contribution in [-0.2, 0) is 11.2 Å². The lowest BCUT2D eigenvalue weighted by Gasteiger charge is -2.18. The minimum atomic E-state index is 0.299. The summed E-state index contributed by atoms with van der Waals surface area (Å²) in [5, 5.41) is 3.43. The first-order chi connectivity index (χ1) is 7.22. The van der Waals surface area contributed by atoms with Crippen LogP contribution in [0.3, 0.4) is 0 Å². The number of likely N-dealkylation sites (N-methyl/N-ethyl adjacent to an activating group) is 1. The monoisotopic (exact) mass is 228 g/mol. The molecule has 0 saturated heterocycles. The first kappa shape index (κ1) is 12.6. The summed E-state index contributed by atoms with van der Waals surface area (Å²) in [4.78, 5) is 5.39. The molecule has 1 heterocycles. The Morgan fingerprint density at radius 2 is 2.33 bits per heavy atom. The van der Waals surface area contributed by atoms with Gasteiger partial charge in [0.1, 0.15) is 0 Å². The van der Waals surface area contributed by atoms with Crippen molar-refractivity contribution in [2.45, 2.75) is 39.3 Å². The van der Waals surface area contributed by atoms with Crippen LogP contribution in [0.15, 0.2) is 11.7 Å². The normalized spacial score (nSPS) is 13.3. The van der Waals surface area contributed by atoms with Crippen molar-refractivity contribution in [3.8, 4) is 0 Å². The molecule has 0 saturated carbocycles. The molecule has 1 atom stereocenters. The summed E-state index contributed by atoms with van der Waals surface area (Å²) in [6, 6.07) is 0.401. The minimum Gasteiger partial charge on any atom is -0.377 e. The van der Waals surface area contributed by atoms with Gasteiger partial charge in [-0.1, -0.05) is 6.92 Å². The van der Waals surface area contributed by atoms with Gasteiger partial charge in [0.25, 0.3) is 0 Å². The number of aromatic nitrogens is 1. The Labute approximate surface area is 95.9 Å². The lowest BCUT2D eigenvalue weighted by atomic mass is 10.2. The van der Waals surface area contributed by atoms with E-state index in [0.717, 1.165) is 19.6 Å². The number of nitrogens with zero attached hydrogens (tertiary/aromatic N) is 1. The van der Waals surface area contributed by atoms with Gasteiger partial charge in [-0.15, -0.1) is 11.3 Å². The highest BCUT2D eigenvalue weighted by atomic mass is 32.1. The predicted molar refractivity (Wildman–Crippen MR) is 64.4 cm³/mol. The van der Waals surface area contributed by atoms with Gasteiger partial charge in [-0.3, -0.25) is 4.98 Å². The number of rotatable bonds is 7. The number of hydrogen-bond acceptors (Lipinski definition) is 4. The molecule has 0 radical (unpaired) electrons. The van der Waals surface area contributed by atoms with Crippen LogP contribution in [0.25, 0.3) is 0 Å². The standard InChI is InChI=1S/C11H20N2OS/c1-4-13-10(7-14-9(2)3)5-11-6-12-8-15-11/h6,8-10,13H,4-5,7H2,1-3H3. The van der Waals surface area contributed by atoms with Gasteiger partial charge in [0.05, 0.1) is 18.2 Å². The van der Waals surface area contributed by atoms with Gasteiger partial charge in [-0.25, -0.2) is 0 Å². The average molecular weight is 228 g/mol. The molecule has 0 amide bonds. The van der Waals surface area contributed by atoms with Gasteiger partial charge in [-0.2, -0.15) is 0 Å². The average Bonchev–Trinajstić information content (AvgIpc) is 2.67. The third-order valence-corrected chi connectivity index (χ3v) is 2.86. The second-order valence-electron chi connectivity index (χ2n) is 3.81. The summed E-state index contributed by atoms with van der Waals surface area (Å²) in [6.07, 6.45) is 3.24. The molecule has 0 aliphatic carbocycles. The number of hydrogen-bond donors (Lipinski definition) is 1. The van der Waals surface area contributed by atoms with E-state index in [0.29, 0.717) is 12.1 Å². The van der Waals surface area contributed by atoms with Crippen LogP contribution >= 0.6 is 11.3 Å². The summed E-state index contributed by atoms with van der Waals surface area (Å²) in [6.45, 7) is 7.99. The van der Waals surface area contributed by atoms with Gasteiger partial charge in [-0.05, 0) is 20.4 Å². The lowest BCUT2D eigenvalue weighted by Crippen LogP contribution is -2.35. The predicted octanol–water partition coefficient (Wildman–Crippen LogP) is 2.09. The molecule has 0 aliphatic heterocycles. The zero-order valence-electron chi connectivity index (χ0n) is 9.69. The Morgan fingerprint density at radius 3 is 2.87 bits per heavy atom. The fourth-order valence-electron chi connectivity index (χ4n) is 1.37. The SMILES string of the molecule is CCNC(COC(C)C)Cc1cncs1. The lowest BCUT2D eigenvalue weighted by molar-refractivity contribution is 0.0617. The van der Waals surface area contributed by atoms with E-state index in [2.05, 4.69) is 31.1 Å². The highest BCUT2D eigenvalue weighted by Crippen LogP contribution is 2.09. The molecule has 1 aromatic rings. The molecule has 1 N–H and O–H groups in total. The maximum atomic E-state index is 5.63. The second-order valence-corrected chi connectivity index (χ2v) is 4.78. The summed E-state index contributed by atoms with van der Waals surface area (Å²) in [5.74, 6) is 0. The highest BCUT2D eigenvalue weighted by molar-refractivity contribution is 7.09. The van der Waals surface area contributed by atoms with Crippen molar-refractivity contribution in [2.24, 2.45) is 0 Å². The molecular weight excluding hydrogens is 208 g/mol. The van der Waals surface area contributed by atoms with E-state index in [1.54, 1.807) is 11.3 Å². The summed E-state index contributed by atoms with van der Waals surface area (Å²) in [5.41, 5.74) is 1.88. The van der Waals surface area contributed by atoms with Crippen LogP contribution in [0.2, 0.25) is 0 Å². The number of ether oxygens (including phenoxy) is 1. The van der Waals surface area contributed by atoms with Crippen molar-refractivity contribution in [2.75, 3.05) is 13.2 Å². The van der Waals surface area contributed by atoms with E-state index >= 15 is 0 Å². The van der Waals surface area contributed by atoms with Gasteiger partial charge >= 0.3 is 0 Å². The first-order valence-electron chi connectivity index (χ1n) is 5.44. The molecule has 86 valence electrons. The molecule has 0 aromatic carbocycles. The van der Waals surface area contributed by atoms with Crippen LogP contribution in [0.1, 0.15) is 25.6 Å². The molecule has 0 fully saturated rings. The first-order valence-corrected chi connectivity index (χ1v) is 6.32. The summed E-state index contributed by atoms with van der Waals surface area (Å²) in [7, 11) is 0. The summed E-state index contributed by atoms with van der Waals surface area (Å²) < 4.78 is 5.63. The third-order valence-electron chi connectivity index (χ3n) is 2.05. The maximum absolute atomic E-state index is 5.63. The van der Waals surface area contributed by atoms with E-state index in [1.807, 2.05) is 11.7 Å². The zero-order chi connectivity index (χ0) is 11.1. The molecule has 1 aromatic heterocycles. The topological polar surface area (TPSA) is 34.1 Å². The van der Waals surface area contributed by atoms with E-state index in [4.69, 9.17) is 4.74 Å². The van der Waals surface area contributed by atoms with Crippen LogP contribution in [-0.4, -0.2) is 30.3 Å². The summed E-state index contributed by atoms with van der Waals surface area (Å²) >= 11 is 1.70. The van der Waals surface area contributed by atoms with E-state index in [1.165, 1.54) is 4.88 Å². The van der Waals surface area contributed by atoms with Crippen molar-refractivity contribution >= 4 is 11.3 Å². The number of nitrogens with one attached hydrogen (secondary N) is 1. The molecule has 1 rings (SSSR count). The molecular formula is C11H20N2OS.